The summed E-state index contributed by atoms with van der Waals surface area (Å²) in [7, 11) is 0. The number of hydrogen-bond donors (Lipinski definition) is 0. The Hall–Kier alpha value is -5.58. The van der Waals surface area contributed by atoms with E-state index in [1.165, 1.54) is 42.1 Å². The predicted octanol–water partition coefficient (Wildman–Crippen LogP) is 10.9. The number of nitrogens with zero attached hydrogens (tertiary/aromatic N) is 3. The molecule has 0 spiro atoms. The second kappa shape index (κ2) is 10.0. The first-order chi connectivity index (χ1) is 21.8. The predicted molar refractivity (Wildman–Crippen MR) is 186 cm³/mol. The van der Waals surface area contributed by atoms with Crippen LogP contribution in [0.15, 0.2) is 152 Å². The van der Waals surface area contributed by atoms with Crippen LogP contribution in [0.25, 0.3) is 81.6 Å². The molecule has 0 radical (unpaired) electrons. The van der Waals surface area contributed by atoms with Gasteiger partial charge in [-0.1, -0.05) is 127 Å². The van der Waals surface area contributed by atoms with E-state index in [-0.39, 0.29) is 0 Å². The summed E-state index contributed by atoms with van der Waals surface area (Å²) in [6.07, 6.45) is 0. The summed E-state index contributed by atoms with van der Waals surface area (Å²) >= 11 is 1.87. The molecule has 44 heavy (non-hydrogen) atoms. The van der Waals surface area contributed by atoms with Crippen molar-refractivity contribution in [1.29, 1.82) is 0 Å². The van der Waals surface area contributed by atoms with Crippen LogP contribution in [0, 0.1) is 0 Å². The second-order valence-electron chi connectivity index (χ2n) is 11.0. The monoisotopic (exact) mass is 579 g/mol. The Bertz CT molecular complexity index is 2420. The molecule has 0 aliphatic rings. The van der Waals surface area contributed by atoms with Crippen LogP contribution in [0.1, 0.15) is 0 Å². The van der Waals surface area contributed by atoms with Crippen LogP contribution in [0.3, 0.4) is 0 Å². The molecule has 0 aliphatic heterocycles. The van der Waals surface area contributed by atoms with E-state index < -0.39 is 0 Å². The van der Waals surface area contributed by atoms with Gasteiger partial charge >= 0.3 is 0 Å². The molecule has 0 bridgehead atoms. The number of fused-ring (bicyclic) bond motifs is 7. The maximum absolute atomic E-state index is 5.25. The van der Waals surface area contributed by atoms with Gasteiger partial charge in [-0.3, -0.25) is 4.57 Å². The van der Waals surface area contributed by atoms with Gasteiger partial charge in [-0.15, -0.1) is 11.3 Å². The van der Waals surface area contributed by atoms with Crippen molar-refractivity contribution >= 4 is 53.3 Å². The van der Waals surface area contributed by atoms with Gasteiger partial charge in [0.15, 0.2) is 5.82 Å². The molecule has 0 aliphatic carbocycles. The normalized spacial score (nSPS) is 11.6. The van der Waals surface area contributed by atoms with Crippen molar-refractivity contribution in [3.63, 3.8) is 0 Å². The van der Waals surface area contributed by atoms with Crippen molar-refractivity contribution in [2.45, 2.75) is 0 Å². The fourth-order valence-electron chi connectivity index (χ4n) is 6.36. The van der Waals surface area contributed by atoms with E-state index in [2.05, 4.69) is 132 Å². The van der Waals surface area contributed by atoms with Gasteiger partial charge in [-0.2, -0.15) is 0 Å². The van der Waals surface area contributed by atoms with Crippen molar-refractivity contribution in [1.82, 2.24) is 14.5 Å². The fourth-order valence-corrected chi connectivity index (χ4v) is 7.62. The van der Waals surface area contributed by atoms with Gasteiger partial charge in [0.2, 0.25) is 0 Å². The van der Waals surface area contributed by atoms with E-state index >= 15 is 0 Å². The molecule has 0 amide bonds. The molecule has 0 unspecified atom stereocenters. The average Bonchev–Trinajstić information content (AvgIpc) is 3.64. The molecule has 3 heterocycles. The van der Waals surface area contributed by atoms with Crippen LogP contribution in [-0.2, 0) is 0 Å². The third-order valence-corrected chi connectivity index (χ3v) is 9.63. The summed E-state index contributed by atoms with van der Waals surface area (Å²) in [5.74, 6) is 1.56. The van der Waals surface area contributed by atoms with E-state index in [9.17, 15) is 0 Å². The number of aromatic nitrogens is 3. The van der Waals surface area contributed by atoms with Crippen molar-refractivity contribution in [3.05, 3.63) is 152 Å². The molecule has 3 aromatic heterocycles. The summed E-state index contributed by atoms with van der Waals surface area (Å²) in [5, 5.41) is 5.08. The maximum atomic E-state index is 5.25. The highest BCUT2D eigenvalue weighted by Gasteiger charge is 2.20. The zero-order valence-corrected chi connectivity index (χ0v) is 24.5. The minimum atomic E-state index is 0.708. The highest BCUT2D eigenvalue weighted by atomic mass is 32.1. The lowest BCUT2D eigenvalue weighted by Crippen LogP contribution is -2.02. The Kier molecular flexibility index (Phi) is 5.68. The molecule has 0 N–H and O–H groups in total. The van der Waals surface area contributed by atoms with E-state index in [0.29, 0.717) is 5.82 Å². The maximum Gasteiger partial charge on any atom is 0.162 e. The van der Waals surface area contributed by atoms with Crippen LogP contribution < -0.4 is 0 Å². The number of rotatable bonds is 4. The van der Waals surface area contributed by atoms with Gasteiger partial charge in [0.05, 0.1) is 16.7 Å². The largest absolute Gasteiger partial charge is 0.294 e. The minimum absolute atomic E-state index is 0.708. The summed E-state index contributed by atoms with van der Waals surface area (Å²) in [5.41, 5.74) is 7.58. The lowest BCUT2D eigenvalue weighted by atomic mass is 10.0. The Balaban J connectivity index is 1.41. The first-order valence-electron chi connectivity index (χ1n) is 14.8. The fraction of sp³-hybridized carbons (Fsp3) is 0. The Morgan fingerprint density at radius 2 is 1.11 bits per heavy atom. The average molecular weight is 580 g/mol. The van der Waals surface area contributed by atoms with Crippen LogP contribution in [-0.4, -0.2) is 14.5 Å². The molecule has 3 nitrogen and oxygen atoms in total. The van der Waals surface area contributed by atoms with Gasteiger partial charge in [0, 0.05) is 48.1 Å². The lowest BCUT2D eigenvalue weighted by molar-refractivity contribution is 1.05. The summed E-state index contributed by atoms with van der Waals surface area (Å²) in [6.45, 7) is 0. The lowest BCUT2D eigenvalue weighted by Gasteiger charge is -2.12. The third-order valence-electron chi connectivity index (χ3n) is 8.42. The van der Waals surface area contributed by atoms with E-state index in [1.807, 2.05) is 35.6 Å². The van der Waals surface area contributed by atoms with Crippen molar-refractivity contribution in [2.75, 3.05) is 0 Å². The van der Waals surface area contributed by atoms with Gasteiger partial charge < -0.3 is 0 Å². The third kappa shape index (κ3) is 3.96. The number of benzene rings is 6. The highest BCUT2D eigenvalue weighted by Crippen LogP contribution is 2.44. The zero-order valence-electron chi connectivity index (χ0n) is 23.7. The molecule has 0 fully saturated rings. The first kappa shape index (κ1) is 25.0. The van der Waals surface area contributed by atoms with Gasteiger partial charge in [0.1, 0.15) is 5.82 Å². The molecule has 0 atom stereocenters. The zero-order chi connectivity index (χ0) is 29.0. The molecule has 0 saturated heterocycles. The van der Waals surface area contributed by atoms with Crippen molar-refractivity contribution in [3.8, 4) is 39.6 Å². The quantitative estimate of drug-likeness (QED) is 0.208. The molecular formula is C40H25N3S. The molecular weight excluding hydrogens is 555 g/mol. The first-order valence-corrected chi connectivity index (χ1v) is 15.6. The second-order valence-corrected chi connectivity index (χ2v) is 12.1. The molecule has 9 aromatic rings. The summed E-state index contributed by atoms with van der Waals surface area (Å²) < 4.78 is 4.94. The van der Waals surface area contributed by atoms with Crippen LogP contribution in [0.2, 0.25) is 0 Å². The molecule has 0 saturated carbocycles. The minimum Gasteiger partial charge on any atom is -0.294 e. The highest BCUT2D eigenvalue weighted by molar-refractivity contribution is 7.26. The molecule has 206 valence electrons. The van der Waals surface area contributed by atoms with E-state index in [0.717, 1.165) is 33.7 Å². The van der Waals surface area contributed by atoms with Crippen LogP contribution in [0.5, 0.6) is 0 Å². The molecule has 6 aromatic carbocycles. The molecule has 9 rings (SSSR count). The smallest absolute Gasteiger partial charge is 0.162 e. The summed E-state index contributed by atoms with van der Waals surface area (Å²) in [6, 6.07) is 53.5. The topological polar surface area (TPSA) is 30.7 Å². The van der Waals surface area contributed by atoms with E-state index in [4.69, 9.17) is 9.97 Å². The molecule has 4 heteroatoms. The van der Waals surface area contributed by atoms with Gasteiger partial charge in [0.25, 0.3) is 0 Å². The van der Waals surface area contributed by atoms with Gasteiger partial charge in [-0.05, 0) is 29.3 Å². The number of hydrogen-bond acceptors (Lipinski definition) is 3. The Morgan fingerprint density at radius 3 is 1.89 bits per heavy atom. The summed E-state index contributed by atoms with van der Waals surface area (Å²) in [4.78, 5) is 10.3. The number of thiophene rings is 1. The van der Waals surface area contributed by atoms with Crippen LogP contribution in [0.4, 0.5) is 0 Å². The Labute approximate surface area is 258 Å². The van der Waals surface area contributed by atoms with Crippen LogP contribution >= 0.6 is 11.3 Å². The van der Waals surface area contributed by atoms with Crippen molar-refractivity contribution < 1.29 is 0 Å². The Morgan fingerprint density at radius 1 is 0.455 bits per heavy atom. The van der Waals surface area contributed by atoms with Gasteiger partial charge in [-0.25, -0.2) is 9.97 Å². The van der Waals surface area contributed by atoms with E-state index in [1.54, 1.807) is 0 Å². The SMILES string of the molecule is c1ccc(-c2ccc3c4c5sc6ccccc6c5ccc4n(-c4cc(-c5ccccc5)nc(-c5ccccc5)n4)c3c2)cc1. The van der Waals surface area contributed by atoms with Crippen molar-refractivity contribution in [2.24, 2.45) is 0 Å². The standard InChI is InChI=1S/C40H25N3S/c1-4-12-26(13-5-1)29-20-21-32-35(24-29)43(34-23-22-31-30-18-10-11-19-36(30)44-39(31)38(32)34)37-25-33(27-14-6-2-7-15-27)41-40(42-37)28-16-8-3-9-17-28/h1-25H.